The monoisotopic (exact) mass is 371 g/mol. The summed E-state index contributed by atoms with van der Waals surface area (Å²) in [5.41, 5.74) is 1.75. The zero-order chi connectivity index (χ0) is 18.4. The lowest BCUT2D eigenvalue weighted by Gasteiger charge is -2.22. The third-order valence-corrected chi connectivity index (χ3v) is 4.88. The molecule has 0 saturated carbocycles. The van der Waals surface area contributed by atoms with Crippen LogP contribution < -0.4 is 5.32 Å². The molecule has 26 heavy (non-hydrogen) atoms. The van der Waals surface area contributed by atoms with E-state index < -0.39 is 0 Å². The van der Waals surface area contributed by atoms with Crippen LogP contribution in [0.15, 0.2) is 58.6 Å². The van der Waals surface area contributed by atoms with Gasteiger partial charge < -0.3 is 9.73 Å². The zero-order valence-electron chi connectivity index (χ0n) is 14.7. The summed E-state index contributed by atoms with van der Waals surface area (Å²) in [4.78, 5) is 18.5. The summed E-state index contributed by atoms with van der Waals surface area (Å²) < 4.78 is 5.46. The summed E-state index contributed by atoms with van der Waals surface area (Å²) in [6.45, 7) is 0.475. The van der Waals surface area contributed by atoms with Gasteiger partial charge in [0.05, 0.1) is 12.3 Å². The van der Waals surface area contributed by atoms with E-state index in [0.29, 0.717) is 12.1 Å². The van der Waals surface area contributed by atoms with E-state index in [4.69, 9.17) is 4.42 Å². The van der Waals surface area contributed by atoms with Crippen LogP contribution in [0.3, 0.4) is 0 Å². The number of benzene rings is 1. The van der Waals surface area contributed by atoms with E-state index in [1.807, 2.05) is 55.4 Å². The molecule has 1 aromatic carbocycles. The number of H-pyrrole nitrogens is 1. The maximum Gasteiger partial charge on any atom is 0.251 e. The van der Waals surface area contributed by atoms with Crippen molar-refractivity contribution < 1.29 is 9.21 Å². The Labute approximate surface area is 156 Å². The third-order valence-electron chi connectivity index (χ3n) is 3.94. The lowest BCUT2D eigenvalue weighted by atomic mass is 10.1. The second-order valence-electron chi connectivity index (χ2n) is 5.98. The third kappa shape index (κ3) is 4.74. The molecule has 0 bridgehead atoms. The van der Waals surface area contributed by atoms with Gasteiger partial charge in [0.1, 0.15) is 12.1 Å². The number of thioether (sulfide) groups is 1. The molecular weight excluding hydrogens is 350 g/mol. The number of hydrogen-bond donors (Lipinski definition) is 2. The van der Waals surface area contributed by atoms with E-state index in [0.717, 1.165) is 22.2 Å². The van der Waals surface area contributed by atoms with Gasteiger partial charge >= 0.3 is 0 Å². The maximum atomic E-state index is 12.4. The quantitative estimate of drug-likeness (QED) is 0.592. The zero-order valence-corrected chi connectivity index (χ0v) is 15.5. The smallest absolute Gasteiger partial charge is 0.251 e. The fourth-order valence-corrected chi connectivity index (χ4v) is 3.21. The minimum atomic E-state index is -0.0992. The second-order valence-corrected chi connectivity index (χ2v) is 6.95. The first-order chi connectivity index (χ1) is 12.6. The van der Waals surface area contributed by atoms with Crippen LogP contribution in [0.4, 0.5) is 0 Å². The number of hydrogen-bond acceptors (Lipinski definition) is 6. The van der Waals surface area contributed by atoms with Crippen molar-refractivity contribution >= 4 is 17.7 Å². The van der Waals surface area contributed by atoms with Crippen LogP contribution in [0.5, 0.6) is 0 Å². The lowest BCUT2D eigenvalue weighted by molar-refractivity contribution is 0.0939. The van der Waals surface area contributed by atoms with Gasteiger partial charge in [-0.05, 0) is 43.9 Å². The molecule has 1 amide bonds. The number of amides is 1. The highest BCUT2D eigenvalue weighted by Gasteiger charge is 2.18. The Kier molecular flexibility index (Phi) is 6.08. The average Bonchev–Trinajstić information content (AvgIpc) is 3.34. The van der Waals surface area contributed by atoms with Gasteiger partial charge in [-0.15, -0.1) is 0 Å². The van der Waals surface area contributed by atoms with Gasteiger partial charge in [0.15, 0.2) is 5.16 Å². The normalized spacial score (nSPS) is 12.3. The van der Waals surface area contributed by atoms with Gasteiger partial charge in [-0.2, -0.15) is 5.10 Å². The van der Waals surface area contributed by atoms with Crippen LogP contribution in [-0.2, 0) is 5.75 Å². The molecule has 0 saturated heterocycles. The lowest BCUT2D eigenvalue weighted by Crippen LogP contribution is -2.34. The number of carbonyl (C=O) groups excluding carboxylic acids is 1. The Morgan fingerprint density at radius 3 is 2.73 bits per heavy atom. The number of rotatable bonds is 8. The van der Waals surface area contributed by atoms with Gasteiger partial charge in [-0.3, -0.25) is 14.8 Å². The van der Waals surface area contributed by atoms with Crippen molar-refractivity contribution in [2.24, 2.45) is 0 Å². The van der Waals surface area contributed by atoms with Crippen LogP contribution in [0.2, 0.25) is 0 Å². The number of furan rings is 1. The van der Waals surface area contributed by atoms with Crippen molar-refractivity contribution in [1.29, 1.82) is 0 Å². The number of nitrogens with one attached hydrogen (secondary N) is 2. The topological polar surface area (TPSA) is 87.0 Å². The Morgan fingerprint density at radius 2 is 2.12 bits per heavy atom. The Hall–Kier alpha value is -2.58. The van der Waals surface area contributed by atoms with E-state index in [9.17, 15) is 4.79 Å². The summed E-state index contributed by atoms with van der Waals surface area (Å²) in [7, 11) is 3.92. The van der Waals surface area contributed by atoms with Crippen LogP contribution in [0.25, 0.3) is 0 Å². The molecule has 1 atom stereocenters. The van der Waals surface area contributed by atoms with Gasteiger partial charge in [0.2, 0.25) is 0 Å². The van der Waals surface area contributed by atoms with Crippen molar-refractivity contribution in [3.63, 3.8) is 0 Å². The number of aromatic nitrogens is 3. The minimum absolute atomic E-state index is 0.00784. The summed E-state index contributed by atoms with van der Waals surface area (Å²) in [6, 6.07) is 11.3. The second kappa shape index (κ2) is 8.68. The van der Waals surface area contributed by atoms with E-state index in [1.54, 1.807) is 18.0 Å². The van der Waals surface area contributed by atoms with Crippen LogP contribution in [0.1, 0.15) is 27.7 Å². The van der Waals surface area contributed by atoms with Crippen LogP contribution in [-0.4, -0.2) is 46.6 Å². The molecular formula is C18H21N5O2S. The standard InChI is InChI=1S/C18H21N5O2S/c1-23(2)15(16-4-3-9-25-16)10-19-17(24)14-7-5-13(6-8-14)11-26-18-20-12-21-22-18/h3-9,12,15H,10-11H2,1-2H3,(H,19,24)(H,20,21,22). The highest BCUT2D eigenvalue weighted by molar-refractivity contribution is 7.98. The van der Waals surface area contributed by atoms with Crippen molar-refractivity contribution in [2.75, 3.05) is 20.6 Å². The molecule has 3 aromatic rings. The SMILES string of the molecule is CN(C)C(CNC(=O)c1ccc(CSc2ncn[nH]2)cc1)c1ccco1. The Balaban J connectivity index is 1.54. The molecule has 2 heterocycles. The fourth-order valence-electron chi connectivity index (χ4n) is 2.48. The largest absolute Gasteiger partial charge is 0.468 e. The number of aromatic amines is 1. The molecule has 0 radical (unpaired) electrons. The first-order valence-electron chi connectivity index (χ1n) is 8.18. The fraction of sp³-hybridized carbons (Fsp3) is 0.278. The molecule has 2 N–H and O–H groups in total. The first kappa shape index (κ1) is 18.2. The molecule has 3 rings (SSSR count). The molecule has 1 unspecified atom stereocenters. The van der Waals surface area contributed by atoms with E-state index in [2.05, 4.69) is 20.5 Å². The van der Waals surface area contributed by atoms with Crippen LogP contribution in [0, 0.1) is 0 Å². The molecule has 0 aliphatic carbocycles. The predicted octanol–water partition coefficient (Wildman–Crippen LogP) is 2.72. The molecule has 0 spiro atoms. The summed E-state index contributed by atoms with van der Waals surface area (Å²) in [5, 5.41) is 10.4. The molecule has 0 fully saturated rings. The van der Waals surface area contributed by atoms with Crippen molar-refractivity contribution in [3.8, 4) is 0 Å². The highest BCUT2D eigenvalue weighted by Crippen LogP contribution is 2.19. The van der Waals surface area contributed by atoms with E-state index >= 15 is 0 Å². The van der Waals surface area contributed by atoms with Gasteiger partial charge in [-0.25, -0.2) is 4.98 Å². The average molecular weight is 371 g/mol. The van der Waals surface area contributed by atoms with Gasteiger partial charge in [0, 0.05) is 17.9 Å². The van der Waals surface area contributed by atoms with Crippen molar-refractivity contribution in [2.45, 2.75) is 17.0 Å². The number of carbonyl (C=O) groups is 1. The first-order valence-corrected chi connectivity index (χ1v) is 9.17. The summed E-state index contributed by atoms with van der Waals surface area (Å²) in [6.07, 6.45) is 3.13. The molecule has 8 heteroatoms. The van der Waals surface area contributed by atoms with E-state index in [-0.39, 0.29) is 11.9 Å². The van der Waals surface area contributed by atoms with Crippen LogP contribution >= 0.6 is 11.8 Å². The summed E-state index contributed by atoms with van der Waals surface area (Å²) >= 11 is 1.56. The maximum absolute atomic E-state index is 12.4. The molecule has 136 valence electrons. The van der Waals surface area contributed by atoms with E-state index in [1.165, 1.54) is 6.33 Å². The number of nitrogens with zero attached hydrogens (tertiary/aromatic N) is 3. The molecule has 0 aliphatic rings. The molecule has 0 aliphatic heterocycles. The molecule has 2 aromatic heterocycles. The van der Waals surface area contributed by atoms with Crippen molar-refractivity contribution in [3.05, 3.63) is 65.9 Å². The summed E-state index contributed by atoms with van der Waals surface area (Å²) in [5.74, 6) is 1.49. The Morgan fingerprint density at radius 1 is 1.31 bits per heavy atom. The molecule has 7 nitrogen and oxygen atoms in total. The highest BCUT2D eigenvalue weighted by atomic mass is 32.2. The van der Waals surface area contributed by atoms with Crippen molar-refractivity contribution in [1.82, 2.24) is 25.4 Å². The van der Waals surface area contributed by atoms with Gasteiger partial charge in [-0.1, -0.05) is 23.9 Å². The number of likely N-dealkylation sites (N-methyl/N-ethyl adjacent to an activating group) is 1. The van der Waals surface area contributed by atoms with Gasteiger partial charge in [0.25, 0.3) is 5.91 Å². The predicted molar refractivity (Wildman–Crippen MR) is 99.9 cm³/mol. The Bertz CT molecular complexity index is 801. The minimum Gasteiger partial charge on any atom is -0.468 e.